The molecule has 16 heavy (non-hydrogen) atoms. The van der Waals surface area contributed by atoms with Crippen LogP contribution < -0.4 is 0 Å². The van der Waals surface area contributed by atoms with Crippen LogP contribution in [-0.2, 0) is 19.0 Å². The maximum absolute atomic E-state index is 11.9. The van der Waals surface area contributed by atoms with Crippen molar-refractivity contribution in [2.45, 2.75) is 26.1 Å². The lowest BCUT2D eigenvalue weighted by molar-refractivity contribution is -0.236. The van der Waals surface area contributed by atoms with Crippen LogP contribution in [0.25, 0.3) is 0 Å². The molecular formula is C12H18O4. The number of methoxy groups -OCH3 is 1. The van der Waals surface area contributed by atoms with Crippen LogP contribution in [0, 0.1) is 11.3 Å². The molecule has 0 aromatic carbocycles. The summed E-state index contributed by atoms with van der Waals surface area (Å²) in [5, 5.41) is 0. The number of esters is 1. The van der Waals surface area contributed by atoms with E-state index in [1.54, 1.807) is 0 Å². The summed E-state index contributed by atoms with van der Waals surface area (Å²) in [6.07, 6.45) is 4.57. The van der Waals surface area contributed by atoms with Crippen molar-refractivity contribution in [3.63, 3.8) is 0 Å². The van der Waals surface area contributed by atoms with Crippen LogP contribution in [0.2, 0.25) is 0 Å². The average molecular weight is 226 g/mol. The summed E-state index contributed by atoms with van der Waals surface area (Å²) in [6.45, 7) is 4.97. The molecule has 1 fully saturated rings. The first kappa shape index (κ1) is 11.6. The zero-order valence-electron chi connectivity index (χ0n) is 9.99. The van der Waals surface area contributed by atoms with E-state index in [4.69, 9.17) is 14.2 Å². The Morgan fingerprint density at radius 1 is 1.44 bits per heavy atom. The lowest BCUT2D eigenvalue weighted by Crippen LogP contribution is -2.54. The monoisotopic (exact) mass is 226 g/mol. The van der Waals surface area contributed by atoms with E-state index in [1.807, 2.05) is 19.1 Å². The molecule has 0 unspecified atom stereocenters. The average Bonchev–Trinajstić information content (AvgIpc) is 2.73. The van der Waals surface area contributed by atoms with Crippen molar-refractivity contribution in [2.24, 2.45) is 11.3 Å². The van der Waals surface area contributed by atoms with Crippen LogP contribution in [0.3, 0.4) is 0 Å². The van der Waals surface area contributed by atoms with E-state index in [9.17, 15) is 4.79 Å². The molecule has 1 spiro atoms. The molecule has 1 saturated heterocycles. The summed E-state index contributed by atoms with van der Waals surface area (Å²) in [7, 11) is 1.39. The molecule has 0 N–H and O–H groups in total. The number of carbonyl (C=O) groups excluding carboxylic acids is 1. The highest BCUT2D eigenvalue weighted by Gasteiger charge is 2.58. The van der Waals surface area contributed by atoms with Gasteiger partial charge in [0, 0.05) is 6.42 Å². The Hall–Kier alpha value is -0.870. The smallest absolute Gasteiger partial charge is 0.320 e. The van der Waals surface area contributed by atoms with E-state index < -0.39 is 11.2 Å². The number of hydrogen-bond donors (Lipinski definition) is 0. The first-order valence-corrected chi connectivity index (χ1v) is 5.60. The fourth-order valence-electron chi connectivity index (χ4n) is 2.50. The van der Waals surface area contributed by atoms with Crippen molar-refractivity contribution >= 4 is 5.97 Å². The van der Waals surface area contributed by atoms with Crippen LogP contribution in [0.1, 0.15) is 20.3 Å². The molecule has 2 rings (SSSR count). The van der Waals surface area contributed by atoms with Gasteiger partial charge in [-0.3, -0.25) is 4.79 Å². The van der Waals surface area contributed by atoms with Crippen molar-refractivity contribution in [2.75, 3.05) is 20.3 Å². The van der Waals surface area contributed by atoms with Crippen molar-refractivity contribution in [3.05, 3.63) is 12.2 Å². The van der Waals surface area contributed by atoms with E-state index in [-0.39, 0.29) is 5.97 Å². The van der Waals surface area contributed by atoms with Crippen LogP contribution >= 0.6 is 0 Å². The van der Waals surface area contributed by atoms with Crippen molar-refractivity contribution in [1.82, 2.24) is 0 Å². The van der Waals surface area contributed by atoms with Crippen LogP contribution in [0.4, 0.5) is 0 Å². The maximum atomic E-state index is 11.9. The van der Waals surface area contributed by atoms with Gasteiger partial charge in [0.05, 0.1) is 20.3 Å². The molecule has 2 atom stereocenters. The molecule has 4 heteroatoms. The Balaban J connectivity index is 2.40. The Labute approximate surface area is 95.6 Å². The van der Waals surface area contributed by atoms with Gasteiger partial charge in [-0.15, -0.1) is 0 Å². The second kappa shape index (κ2) is 3.86. The van der Waals surface area contributed by atoms with Gasteiger partial charge in [-0.1, -0.05) is 19.1 Å². The molecule has 0 amide bonds. The number of rotatable bonds is 1. The highest BCUT2D eigenvalue weighted by molar-refractivity contribution is 5.80. The second-order valence-electron chi connectivity index (χ2n) is 4.68. The van der Waals surface area contributed by atoms with Gasteiger partial charge >= 0.3 is 5.97 Å². The normalized spacial score (nSPS) is 36.6. The molecule has 1 heterocycles. The van der Waals surface area contributed by atoms with Gasteiger partial charge in [0.2, 0.25) is 0 Å². The van der Waals surface area contributed by atoms with Gasteiger partial charge in [0.25, 0.3) is 0 Å². The van der Waals surface area contributed by atoms with Crippen molar-refractivity contribution in [1.29, 1.82) is 0 Å². The lowest BCUT2D eigenvalue weighted by Gasteiger charge is -2.44. The van der Waals surface area contributed by atoms with E-state index in [0.29, 0.717) is 25.6 Å². The molecule has 90 valence electrons. The number of ether oxygens (including phenoxy) is 3. The summed E-state index contributed by atoms with van der Waals surface area (Å²) in [5.74, 6) is -0.803. The third kappa shape index (κ3) is 1.48. The summed E-state index contributed by atoms with van der Waals surface area (Å²) < 4.78 is 16.3. The van der Waals surface area contributed by atoms with E-state index in [1.165, 1.54) is 7.11 Å². The third-order valence-electron chi connectivity index (χ3n) is 3.50. The van der Waals surface area contributed by atoms with Gasteiger partial charge in [0.1, 0.15) is 5.41 Å². The summed E-state index contributed by atoms with van der Waals surface area (Å²) in [4.78, 5) is 11.9. The van der Waals surface area contributed by atoms with E-state index >= 15 is 0 Å². The fraction of sp³-hybridized carbons (Fsp3) is 0.750. The third-order valence-corrected chi connectivity index (χ3v) is 3.50. The Bertz CT molecular complexity index is 317. The van der Waals surface area contributed by atoms with Crippen molar-refractivity contribution in [3.8, 4) is 0 Å². The molecule has 4 nitrogen and oxygen atoms in total. The summed E-state index contributed by atoms with van der Waals surface area (Å²) in [6, 6.07) is 0. The van der Waals surface area contributed by atoms with Crippen LogP contribution in [0.15, 0.2) is 12.2 Å². The van der Waals surface area contributed by atoms with Gasteiger partial charge < -0.3 is 14.2 Å². The molecule has 1 aliphatic heterocycles. The van der Waals surface area contributed by atoms with Gasteiger partial charge in [-0.25, -0.2) is 0 Å². The minimum absolute atomic E-state index is 0.308. The van der Waals surface area contributed by atoms with Gasteiger partial charge in [-0.05, 0) is 12.8 Å². The summed E-state index contributed by atoms with van der Waals surface area (Å²) >= 11 is 0. The molecule has 0 bridgehead atoms. The molecule has 0 aromatic rings. The molecule has 0 radical (unpaired) electrons. The number of allylic oxidation sites excluding steroid dienone is 1. The first-order chi connectivity index (χ1) is 7.54. The van der Waals surface area contributed by atoms with Gasteiger partial charge in [-0.2, -0.15) is 0 Å². The Morgan fingerprint density at radius 3 is 2.62 bits per heavy atom. The number of carbonyl (C=O) groups is 1. The standard InChI is InChI=1S/C12H18O4/c1-9-4-5-11(2,10(13)14-3)12(8-9)15-6-7-16-12/h4-5,9H,6-8H2,1-3H3/t9-,11-/m0/s1. The number of hydrogen-bond acceptors (Lipinski definition) is 4. The largest absolute Gasteiger partial charge is 0.468 e. The first-order valence-electron chi connectivity index (χ1n) is 5.60. The molecule has 0 aromatic heterocycles. The maximum Gasteiger partial charge on any atom is 0.320 e. The second-order valence-corrected chi connectivity index (χ2v) is 4.68. The SMILES string of the molecule is COC(=O)[C@]1(C)C=C[C@H](C)CC12OCCO2. The summed E-state index contributed by atoms with van der Waals surface area (Å²) in [5.41, 5.74) is -0.842. The minimum atomic E-state index is -0.842. The van der Waals surface area contributed by atoms with Crippen LogP contribution in [0.5, 0.6) is 0 Å². The van der Waals surface area contributed by atoms with Crippen LogP contribution in [-0.4, -0.2) is 32.1 Å². The molecule has 2 aliphatic rings. The minimum Gasteiger partial charge on any atom is -0.468 e. The quantitative estimate of drug-likeness (QED) is 0.502. The predicted octanol–water partition coefficient (Wildman–Crippen LogP) is 1.50. The van der Waals surface area contributed by atoms with E-state index in [0.717, 1.165) is 0 Å². The lowest BCUT2D eigenvalue weighted by atomic mass is 9.72. The molecule has 0 saturated carbocycles. The highest BCUT2D eigenvalue weighted by Crippen LogP contribution is 2.48. The van der Waals surface area contributed by atoms with E-state index in [2.05, 4.69) is 6.92 Å². The Kier molecular flexibility index (Phi) is 2.80. The topological polar surface area (TPSA) is 44.8 Å². The predicted molar refractivity (Wildman–Crippen MR) is 57.7 cm³/mol. The van der Waals surface area contributed by atoms with Crippen molar-refractivity contribution < 1.29 is 19.0 Å². The van der Waals surface area contributed by atoms with Gasteiger partial charge in [0.15, 0.2) is 5.79 Å². The fourth-order valence-corrected chi connectivity index (χ4v) is 2.50. The molecule has 1 aliphatic carbocycles. The molecular weight excluding hydrogens is 208 g/mol. The Morgan fingerprint density at radius 2 is 2.06 bits per heavy atom. The zero-order chi connectivity index (χ0) is 11.8. The zero-order valence-corrected chi connectivity index (χ0v) is 9.99. The highest BCUT2D eigenvalue weighted by atomic mass is 16.7.